The molecule has 0 unspecified atom stereocenters. The topological polar surface area (TPSA) is 86.8 Å². The highest BCUT2D eigenvalue weighted by Gasteiger charge is 2.33. The third kappa shape index (κ3) is 8.19. The summed E-state index contributed by atoms with van der Waals surface area (Å²) in [4.78, 5) is 28.4. The van der Waals surface area contributed by atoms with Crippen LogP contribution in [0.1, 0.15) is 38.7 Å². The SMILES string of the molecule is CCCCNC(=O)[C@@H](CC)N(Cc1ccc(F)cc1)C(=O)CN(c1cccc(Cl)c1)S(=O)(=O)c1ccc(Cl)cc1. The highest BCUT2D eigenvalue weighted by Crippen LogP contribution is 2.27. The van der Waals surface area contributed by atoms with E-state index in [4.69, 9.17) is 23.2 Å². The van der Waals surface area contributed by atoms with Crippen LogP contribution in [0, 0.1) is 5.82 Å². The number of nitrogens with zero attached hydrogens (tertiary/aromatic N) is 2. The lowest BCUT2D eigenvalue weighted by molar-refractivity contribution is -0.140. The fourth-order valence-electron chi connectivity index (χ4n) is 4.11. The molecule has 3 rings (SSSR count). The number of nitrogens with one attached hydrogen (secondary N) is 1. The molecule has 0 bridgehead atoms. The molecule has 214 valence electrons. The van der Waals surface area contributed by atoms with Crippen molar-refractivity contribution in [1.29, 1.82) is 0 Å². The monoisotopic (exact) mass is 607 g/mol. The Balaban J connectivity index is 2.03. The standard InChI is InChI=1S/C29H32Cl2FN3O4S/c1-3-5-17-33-29(37)27(4-2)34(19-21-9-13-24(32)14-10-21)28(36)20-35(25-8-6-7-23(31)18-25)40(38,39)26-15-11-22(30)12-16-26/h6-16,18,27H,3-5,17,19-20H2,1-2H3,(H,33,37)/t27-/m1/s1. The van der Waals surface area contributed by atoms with E-state index in [0.29, 0.717) is 17.1 Å². The molecule has 2 amide bonds. The molecular formula is C29H32Cl2FN3O4S. The number of benzene rings is 3. The number of carbonyl (C=O) groups is 2. The number of unbranched alkanes of at least 4 members (excludes halogenated alkanes) is 1. The van der Waals surface area contributed by atoms with Crippen LogP contribution in [0.3, 0.4) is 0 Å². The first kappa shape index (κ1) is 31.4. The maximum Gasteiger partial charge on any atom is 0.264 e. The Kier molecular flexibility index (Phi) is 11.4. The summed E-state index contributed by atoms with van der Waals surface area (Å²) < 4.78 is 42.2. The minimum Gasteiger partial charge on any atom is -0.354 e. The maximum atomic E-state index is 14.0. The molecule has 0 saturated carbocycles. The van der Waals surface area contributed by atoms with Crippen LogP contribution >= 0.6 is 23.2 Å². The summed E-state index contributed by atoms with van der Waals surface area (Å²) in [6, 6.07) is 16.5. The predicted molar refractivity (Wildman–Crippen MR) is 156 cm³/mol. The summed E-state index contributed by atoms with van der Waals surface area (Å²) in [6.45, 7) is 3.59. The van der Waals surface area contributed by atoms with Gasteiger partial charge >= 0.3 is 0 Å². The molecular weight excluding hydrogens is 576 g/mol. The van der Waals surface area contributed by atoms with Crippen LogP contribution in [0.25, 0.3) is 0 Å². The minimum absolute atomic E-state index is 0.0246. The Morgan fingerprint density at radius 3 is 2.23 bits per heavy atom. The Hall–Kier alpha value is -3.14. The first-order valence-electron chi connectivity index (χ1n) is 12.9. The van der Waals surface area contributed by atoms with Crippen molar-refractivity contribution in [2.45, 2.75) is 50.6 Å². The molecule has 0 heterocycles. The number of sulfonamides is 1. The molecule has 0 aliphatic carbocycles. The van der Waals surface area contributed by atoms with Gasteiger partial charge in [0, 0.05) is 23.1 Å². The molecule has 0 fully saturated rings. The van der Waals surface area contributed by atoms with Crippen molar-refractivity contribution in [3.63, 3.8) is 0 Å². The van der Waals surface area contributed by atoms with E-state index in [1.807, 2.05) is 6.92 Å². The van der Waals surface area contributed by atoms with Crippen LogP contribution in [0.15, 0.2) is 77.7 Å². The van der Waals surface area contributed by atoms with Crippen molar-refractivity contribution in [3.8, 4) is 0 Å². The van der Waals surface area contributed by atoms with Gasteiger partial charge in [0.1, 0.15) is 18.4 Å². The summed E-state index contributed by atoms with van der Waals surface area (Å²) >= 11 is 12.2. The molecule has 3 aromatic rings. The van der Waals surface area contributed by atoms with Crippen LogP contribution in [0.4, 0.5) is 10.1 Å². The fourth-order valence-corrected chi connectivity index (χ4v) is 5.82. The second-order valence-corrected chi connectivity index (χ2v) is 11.9. The maximum absolute atomic E-state index is 14.0. The lowest BCUT2D eigenvalue weighted by Gasteiger charge is -2.33. The van der Waals surface area contributed by atoms with E-state index in [2.05, 4.69) is 5.32 Å². The third-order valence-electron chi connectivity index (χ3n) is 6.26. The number of carbonyl (C=O) groups excluding carboxylic acids is 2. The molecule has 0 aliphatic rings. The van der Waals surface area contributed by atoms with E-state index in [-0.39, 0.29) is 34.5 Å². The van der Waals surface area contributed by atoms with E-state index in [1.165, 1.54) is 65.6 Å². The fraction of sp³-hybridized carbons (Fsp3) is 0.310. The lowest BCUT2D eigenvalue weighted by Crippen LogP contribution is -2.52. The molecule has 7 nitrogen and oxygen atoms in total. The molecule has 1 atom stereocenters. The number of anilines is 1. The van der Waals surface area contributed by atoms with Crippen molar-refractivity contribution >= 4 is 50.7 Å². The molecule has 40 heavy (non-hydrogen) atoms. The van der Waals surface area contributed by atoms with Gasteiger partial charge in [0.05, 0.1) is 10.6 Å². The molecule has 0 spiro atoms. The molecule has 1 N–H and O–H groups in total. The Morgan fingerprint density at radius 2 is 1.62 bits per heavy atom. The predicted octanol–water partition coefficient (Wildman–Crippen LogP) is 6.05. The minimum atomic E-state index is -4.25. The Morgan fingerprint density at radius 1 is 0.950 bits per heavy atom. The van der Waals surface area contributed by atoms with E-state index < -0.39 is 34.3 Å². The van der Waals surface area contributed by atoms with Gasteiger partial charge in [0.15, 0.2) is 0 Å². The molecule has 0 saturated heterocycles. The van der Waals surface area contributed by atoms with E-state index >= 15 is 0 Å². The van der Waals surface area contributed by atoms with E-state index in [1.54, 1.807) is 19.1 Å². The highest BCUT2D eigenvalue weighted by atomic mass is 35.5. The van der Waals surface area contributed by atoms with E-state index in [9.17, 15) is 22.4 Å². The second kappa shape index (κ2) is 14.5. The average molecular weight is 609 g/mol. The van der Waals surface area contributed by atoms with E-state index in [0.717, 1.165) is 17.1 Å². The van der Waals surface area contributed by atoms with Crippen molar-refractivity contribution < 1.29 is 22.4 Å². The first-order valence-corrected chi connectivity index (χ1v) is 15.1. The van der Waals surface area contributed by atoms with Gasteiger partial charge in [0.2, 0.25) is 11.8 Å². The second-order valence-electron chi connectivity index (χ2n) is 9.16. The summed E-state index contributed by atoms with van der Waals surface area (Å²) in [5, 5.41) is 3.50. The molecule has 0 aromatic heterocycles. The van der Waals surface area contributed by atoms with Crippen molar-refractivity contribution in [3.05, 3.63) is 94.2 Å². The Bertz CT molecular complexity index is 1400. The van der Waals surface area contributed by atoms with Gasteiger partial charge in [-0.25, -0.2) is 12.8 Å². The number of hydrogen-bond acceptors (Lipinski definition) is 4. The number of hydrogen-bond donors (Lipinski definition) is 1. The van der Waals surface area contributed by atoms with Crippen molar-refractivity contribution in [1.82, 2.24) is 10.2 Å². The molecule has 0 radical (unpaired) electrons. The Labute approximate surface area is 244 Å². The summed E-state index contributed by atoms with van der Waals surface area (Å²) in [5.41, 5.74) is 0.766. The van der Waals surface area contributed by atoms with Crippen LogP contribution in [0.5, 0.6) is 0 Å². The van der Waals surface area contributed by atoms with Gasteiger partial charge in [-0.15, -0.1) is 0 Å². The zero-order valence-corrected chi connectivity index (χ0v) is 24.6. The quantitative estimate of drug-likeness (QED) is 0.240. The van der Waals surface area contributed by atoms with Crippen LogP contribution in [0.2, 0.25) is 10.0 Å². The molecule has 0 aliphatic heterocycles. The zero-order valence-electron chi connectivity index (χ0n) is 22.3. The van der Waals surface area contributed by atoms with Crippen molar-refractivity contribution in [2.75, 3.05) is 17.4 Å². The van der Waals surface area contributed by atoms with Crippen LogP contribution in [-0.4, -0.2) is 44.3 Å². The normalized spacial score (nSPS) is 12.0. The molecule has 11 heteroatoms. The smallest absolute Gasteiger partial charge is 0.264 e. The van der Waals surface area contributed by atoms with Gasteiger partial charge in [-0.3, -0.25) is 13.9 Å². The average Bonchev–Trinajstić information content (AvgIpc) is 2.93. The number of halogens is 3. The summed E-state index contributed by atoms with van der Waals surface area (Å²) in [7, 11) is -4.25. The summed E-state index contributed by atoms with van der Waals surface area (Å²) in [6.07, 6.45) is 1.94. The highest BCUT2D eigenvalue weighted by molar-refractivity contribution is 7.92. The zero-order chi connectivity index (χ0) is 29.3. The van der Waals surface area contributed by atoms with Gasteiger partial charge in [0.25, 0.3) is 10.0 Å². The van der Waals surface area contributed by atoms with Crippen LogP contribution < -0.4 is 9.62 Å². The van der Waals surface area contributed by atoms with Gasteiger partial charge in [-0.1, -0.05) is 61.7 Å². The third-order valence-corrected chi connectivity index (χ3v) is 8.53. The van der Waals surface area contributed by atoms with Crippen molar-refractivity contribution in [2.24, 2.45) is 0 Å². The van der Waals surface area contributed by atoms with Gasteiger partial charge in [-0.2, -0.15) is 0 Å². The lowest BCUT2D eigenvalue weighted by atomic mass is 10.1. The molecule has 3 aromatic carbocycles. The van der Waals surface area contributed by atoms with Crippen LogP contribution in [-0.2, 0) is 26.2 Å². The first-order chi connectivity index (χ1) is 19.1. The largest absolute Gasteiger partial charge is 0.354 e. The van der Waals surface area contributed by atoms with Gasteiger partial charge in [-0.05, 0) is 73.0 Å². The van der Waals surface area contributed by atoms with Gasteiger partial charge < -0.3 is 10.2 Å². The number of amides is 2. The summed E-state index contributed by atoms with van der Waals surface area (Å²) in [5.74, 6) is -1.40. The number of rotatable bonds is 13.